The van der Waals surface area contributed by atoms with Gasteiger partial charge in [-0.25, -0.2) is 8.42 Å². The summed E-state index contributed by atoms with van der Waals surface area (Å²) in [5.41, 5.74) is 3.34. The second-order valence-corrected chi connectivity index (χ2v) is 11.8. The van der Waals surface area contributed by atoms with Crippen LogP contribution in [0, 0.1) is 6.92 Å². The molecule has 0 fully saturated rings. The summed E-state index contributed by atoms with van der Waals surface area (Å²) >= 11 is 1.72. The van der Waals surface area contributed by atoms with Gasteiger partial charge in [0.25, 0.3) is 0 Å². The normalized spacial score (nSPS) is 16.0. The first-order valence-electron chi connectivity index (χ1n) is 11.8. The molecule has 1 unspecified atom stereocenters. The SMILES string of the molecule is CCN(CC(=O)N1CCc2sccc2C1c1ccccc1C)S(=O)(=O)c1ccc2ccccc2c1. The molecule has 1 aromatic heterocycles. The molecule has 35 heavy (non-hydrogen) atoms. The van der Waals surface area contributed by atoms with Gasteiger partial charge in [0, 0.05) is 18.0 Å². The van der Waals surface area contributed by atoms with Crippen molar-refractivity contribution in [3.63, 3.8) is 0 Å². The Morgan fingerprint density at radius 2 is 1.74 bits per heavy atom. The Hall–Kier alpha value is -3.00. The lowest BCUT2D eigenvalue weighted by molar-refractivity contribution is -0.133. The topological polar surface area (TPSA) is 57.7 Å². The Labute approximate surface area is 210 Å². The van der Waals surface area contributed by atoms with Crippen LogP contribution in [0.25, 0.3) is 10.8 Å². The quantitative estimate of drug-likeness (QED) is 0.354. The summed E-state index contributed by atoms with van der Waals surface area (Å²) in [6, 6.07) is 22.8. The van der Waals surface area contributed by atoms with Crippen LogP contribution in [0.3, 0.4) is 0 Å². The van der Waals surface area contributed by atoms with Gasteiger partial charge in [0.2, 0.25) is 15.9 Å². The zero-order valence-electron chi connectivity index (χ0n) is 19.8. The molecule has 0 radical (unpaired) electrons. The largest absolute Gasteiger partial charge is 0.330 e. The molecule has 2 heterocycles. The number of carbonyl (C=O) groups is 1. The van der Waals surface area contributed by atoms with E-state index in [0.29, 0.717) is 6.54 Å². The van der Waals surface area contributed by atoms with Crippen LogP contribution in [0.1, 0.15) is 34.5 Å². The highest BCUT2D eigenvalue weighted by atomic mass is 32.2. The summed E-state index contributed by atoms with van der Waals surface area (Å²) in [5.74, 6) is -0.179. The maximum Gasteiger partial charge on any atom is 0.243 e. The number of rotatable bonds is 6. The number of carbonyl (C=O) groups excluding carboxylic acids is 1. The third kappa shape index (κ3) is 4.40. The first-order valence-corrected chi connectivity index (χ1v) is 14.1. The average molecular weight is 505 g/mol. The number of aryl methyl sites for hydroxylation is 1. The van der Waals surface area contributed by atoms with Gasteiger partial charge in [0.15, 0.2) is 0 Å². The molecule has 0 saturated carbocycles. The number of nitrogens with zero attached hydrogens (tertiary/aromatic N) is 2. The predicted molar refractivity (Wildman–Crippen MR) is 141 cm³/mol. The molecule has 180 valence electrons. The number of benzene rings is 3. The van der Waals surface area contributed by atoms with Crippen molar-refractivity contribution in [2.45, 2.75) is 31.2 Å². The van der Waals surface area contributed by atoms with Gasteiger partial charge in [-0.3, -0.25) is 4.79 Å². The predicted octanol–water partition coefficient (Wildman–Crippen LogP) is 5.39. The van der Waals surface area contributed by atoms with E-state index in [1.807, 2.05) is 47.4 Å². The molecule has 0 N–H and O–H groups in total. The number of hydrogen-bond acceptors (Lipinski definition) is 4. The van der Waals surface area contributed by atoms with Crippen molar-refractivity contribution in [1.82, 2.24) is 9.21 Å². The minimum Gasteiger partial charge on any atom is -0.330 e. The van der Waals surface area contributed by atoms with Crippen LogP contribution in [0.5, 0.6) is 0 Å². The van der Waals surface area contributed by atoms with Crippen LogP contribution < -0.4 is 0 Å². The highest BCUT2D eigenvalue weighted by molar-refractivity contribution is 7.89. The molecule has 1 atom stereocenters. The molecule has 3 aromatic carbocycles. The van der Waals surface area contributed by atoms with Crippen molar-refractivity contribution >= 4 is 38.0 Å². The highest BCUT2D eigenvalue weighted by Gasteiger charge is 2.35. The Morgan fingerprint density at radius 1 is 1.00 bits per heavy atom. The van der Waals surface area contributed by atoms with Crippen LogP contribution >= 0.6 is 11.3 Å². The first-order chi connectivity index (χ1) is 16.9. The van der Waals surface area contributed by atoms with Gasteiger partial charge in [-0.05, 0) is 64.4 Å². The van der Waals surface area contributed by atoms with Gasteiger partial charge in [0.05, 0.1) is 17.5 Å². The second-order valence-electron chi connectivity index (χ2n) is 8.84. The number of amides is 1. The molecule has 0 saturated heterocycles. The third-order valence-corrected chi connectivity index (χ3v) is 9.71. The van der Waals surface area contributed by atoms with Gasteiger partial charge in [-0.15, -0.1) is 11.3 Å². The molecule has 1 amide bonds. The van der Waals surface area contributed by atoms with E-state index in [1.165, 1.54) is 9.18 Å². The maximum absolute atomic E-state index is 13.7. The molecule has 0 aliphatic carbocycles. The van der Waals surface area contributed by atoms with Gasteiger partial charge in [-0.2, -0.15) is 4.31 Å². The summed E-state index contributed by atoms with van der Waals surface area (Å²) in [6.07, 6.45) is 0.782. The van der Waals surface area contributed by atoms with Crippen molar-refractivity contribution in [3.05, 3.63) is 99.7 Å². The zero-order chi connectivity index (χ0) is 24.6. The van der Waals surface area contributed by atoms with Crippen LogP contribution in [-0.2, 0) is 21.2 Å². The minimum absolute atomic E-state index is 0.179. The second kappa shape index (κ2) is 9.57. The van der Waals surface area contributed by atoms with E-state index in [1.54, 1.807) is 30.4 Å². The fourth-order valence-electron chi connectivity index (χ4n) is 4.90. The average Bonchev–Trinajstić information content (AvgIpc) is 3.35. The molecule has 5 nitrogen and oxygen atoms in total. The van der Waals surface area contributed by atoms with E-state index < -0.39 is 10.0 Å². The molecule has 0 bridgehead atoms. The fourth-order valence-corrected chi connectivity index (χ4v) is 7.24. The van der Waals surface area contributed by atoms with E-state index in [9.17, 15) is 13.2 Å². The Bertz CT molecular complexity index is 1490. The van der Waals surface area contributed by atoms with Crippen LogP contribution in [0.4, 0.5) is 0 Å². The number of thiophene rings is 1. The third-order valence-electron chi connectivity index (χ3n) is 6.79. The number of sulfonamides is 1. The van der Waals surface area contributed by atoms with Crippen LogP contribution in [-0.4, -0.2) is 43.2 Å². The van der Waals surface area contributed by atoms with E-state index >= 15 is 0 Å². The Morgan fingerprint density at radius 3 is 2.51 bits per heavy atom. The highest BCUT2D eigenvalue weighted by Crippen LogP contribution is 2.39. The number of fused-ring (bicyclic) bond motifs is 2. The zero-order valence-corrected chi connectivity index (χ0v) is 21.5. The smallest absolute Gasteiger partial charge is 0.243 e. The van der Waals surface area contributed by atoms with Crippen molar-refractivity contribution in [2.75, 3.05) is 19.6 Å². The summed E-state index contributed by atoms with van der Waals surface area (Å²) in [4.78, 5) is 17.1. The van der Waals surface area contributed by atoms with Crippen LogP contribution in [0.15, 0.2) is 83.1 Å². The molecule has 5 rings (SSSR count). The lowest BCUT2D eigenvalue weighted by Gasteiger charge is -2.38. The first kappa shape index (κ1) is 23.7. The number of likely N-dealkylation sites (N-methyl/N-ethyl adjacent to an activating group) is 1. The molecule has 1 aliphatic rings. The lowest BCUT2D eigenvalue weighted by atomic mass is 9.90. The van der Waals surface area contributed by atoms with Gasteiger partial charge < -0.3 is 4.90 Å². The lowest BCUT2D eigenvalue weighted by Crippen LogP contribution is -2.46. The molecule has 0 spiro atoms. The van der Waals surface area contributed by atoms with E-state index in [-0.39, 0.29) is 29.9 Å². The molecule has 4 aromatic rings. The van der Waals surface area contributed by atoms with Crippen molar-refractivity contribution in [3.8, 4) is 0 Å². The monoisotopic (exact) mass is 504 g/mol. The molecule has 7 heteroatoms. The van der Waals surface area contributed by atoms with E-state index in [4.69, 9.17) is 0 Å². The molecular formula is C28H28N2O3S2. The van der Waals surface area contributed by atoms with Gasteiger partial charge >= 0.3 is 0 Å². The van der Waals surface area contributed by atoms with Crippen LogP contribution in [0.2, 0.25) is 0 Å². The molecular weight excluding hydrogens is 476 g/mol. The van der Waals surface area contributed by atoms with E-state index in [0.717, 1.165) is 33.9 Å². The number of hydrogen-bond donors (Lipinski definition) is 0. The van der Waals surface area contributed by atoms with Gasteiger partial charge in [0.1, 0.15) is 0 Å². The fraction of sp³-hybridized carbons (Fsp3) is 0.250. The van der Waals surface area contributed by atoms with Gasteiger partial charge in [-0.1, -0.05) is 61.5 Å². The molecule has 1 aliphatic heterocycles. The summed E-state index contributed by atoms with van der Waals surface area (Å²) in [5, 5.41) is 3.91. The Kier molecular flexibility index (Phi) is 6.49. The minimum atomic E-state index is -3.83. The summed E-state index contributed by atoms with van der Waals surface area (Å²) < 4.78 is 28.4. The summed E-state index contributed by atoms with van der Waals surface area (Å²) in [7, 11) is -3.83. The maximum atomic E-state index is 13.7. The van der Waals surface area contributed by atoms with Crippen molar-refractivity contribution in [2.24, 2.45) is 0 Å². The standard InChI is InChI=1S/C28H28N2O3S2/c1-3-29(35(32,33)23-13-12-21-9-5-6-10-22(21)18-23)19-27(31)30-16-14-26-25(15-17-34-26)28(30)24-11-7-4-8-20(24)2/h4-13,15,17-18,28H,3,14,16,19H2,1-2H3. The van der Waals surface area contributed by atoms with Crippen molar-refractivity contribution < 1.29 is 13.2 Å². The van der Waals surface area contributed by atoms with Crippen molar-refractivity contribution in [1.29, 1.82) is 0 Å². The summed E-state index contributed by atoms with van der Waals surface area (Å²) in [6.45, 7) is 4.43. The van der Waals surface area contributed by atoms with E-state index in [2.05, 4.69) is 30.5 Å². The Balaban J connectivity index is 1.46.